The van der Waals surface area contributed by atoms with Crippen LogP contribution >= 0.6 is 0 Å². The fraction of sp³-hybridized carbons (Fsp3) is 1.00. The van der Waals surface area contributed by atoms with Crippen molar-refractivity contribution in [2.24, 2.45) is 11.8 Å². The normalized spacial score (nSPS) is 14.8. The van der Waals surface area contributed by atoms with Crippen molar-refractivity contribution in [2.75, 3.05) is 0 Å². The van der Waals surface area contributed by atoms with E-state index in [-0.39, 0.29) is 0 Å². The quantitative estimate of drug-likeness (QED) is 0.338. The lowest BCUT2D eigenvalue weighted by atomic mass is 9.91. The lowest BCUT2D eigenvalue weighted by molar-refractivity contribution is 0.382. The third-order valence-corrected chi connectivity index (χ3v) is 4.15. The Kier molecular flexibility index (Phi) is 12.5. The first-order valence-electron chi connectivity index (χ1n) is 8.24. The van der Waals surface area contributed by atoms with Crippen molar-refractivity contribution in [1.29, 1.82) is 0 Å². The molecule has 0 heteroatoms. The summed E-state index contributed by atoms with van der Waals surface area (Å²) in [6.07, 6.45) is 15.8. The van der Waals surface area contributed by atoms with Crippen LogP contribution in [0.5, 0.6) is 0 Å². The van der Waals surface area contributed by atoms with Crippen molar-refractivity contribution in [3.05, 3.63) is 0 Å². The molecule has 0 aromatic heterocycles. The maximum atomic E-state index is 2.43. The summed E-state index contributed by atoms with van der Waals surface area (Å²) in [6, 6.07) is 0. The van der Waals surface area contributed by atoms with Gasteiger partial charge in [-0.3, -0.25) is 0 Å². The molecule has 104 valence electrons. The van der Waals surface area contributed by atoms with Crippen LogP contribution in [-0.2, 0) is 0 Å². The highest BCUT2D eigenvalue weighted by atomic mass is 14.1. The molecule has 0 saturated carbocycles. The Bertz CT molecular complexity index is 139. The van der Waals surface area contributed by atoms with E-state index in [9.17, 15) is 0 Å². The van der Waals surface area contributed by atoms with Crippen LogP contribution in [0.4, 0.5) is 0 Å². The topological polar surface area (TPSA) is 0 Å². The molecule has 0 heterocycles. The van der Waals surface area contributed by atoms with E-state index in [1.165, 1.54) is 70.6 Å². The van der Waals surface area contributed by atoms with Gasteiger partial charge >= 0.3 is 0 Å². The Balaban J connectivity index is 3.40. The molecule has 0 amide bonds. The van der Waals surface area contributed by atoms with Crippen molar-refractivity contribution in [2.45, 2.75) is 98.3 Å². The van der Waals surface area contributed by atoms with Crippen LogP contribution in [-0.4, -0.2) is 0 Å². The maximum Gasteiger partial charge on any atom is -0.0417 e. The van der Waals surface area contributed by atoms with Gasteiger partial charge < -0.3 is 0 Å². The molecule has 0 aromatic carbocycles. The molecular weight excluding hydrogens is 204 g/mol. The monoisotopic (exact) mass is 240 g/mol. The van der Waals surface area contributed by atoms with Crippen LogP contribution in [0.15, 0.2) is 0 Å². The molecule has 2 atom stereocenters. The van der Waals surface area contributed by atoms with Gasteiger partial charge in [0.1, 0.15) is 0 Å². The smallest absolute Gasteiger partial charge is 0.0417 e. The molecule has 0 aliphatic rings. The predicted molar refractivity (Wildman–Crippen MR) is 80.5 cm³/mol. The van der Waals surface area contributed by atoms with Gasteiger partial charge in [0.2, 0.25) is 0 Å². The zero-order chi connectivity index (χ0) is 12.9. The Hall–Kier alpha value is 0. The van der Waals surface area contributed by atoms with E-state index in [1.54, 1.807) is 0 Å². The summed E-state index contributed by atoms with van der Waals surface area (Å²) in [5, 5.41) is 0. The van der Waals surface area contributed by atoms with Crippen molar-refractivity contribution >= 4 is 0 Å². The van der Waals surface area contributed by atoms with E-state index in [1.807, 2.05) is 0 Å². The minimum absolute atomic E-state index is 0.964. The Labute approximate surface area is 111 Å². The molecule has 0 radical (unpaired) electrons. The standard InChI is InChI=1S/C17H36/c1-5-8-12-16(4)13-10-11-15-17(7-3)14-9-6-2/h16-17H,5-15H2,1-4H3. The van der Waals surface area contributed by atoms with E-state index >= 15 is 0 Å². The largest absolute Gasteiger partial charge is 0.0654 e. The van der Waals surface area contributed by atoms with Crippen molar-refractivity contribution in [1.82, 2.24) is 0 Å². The van der Waals surface area contributed by atoms with Gasteiger partial charge in [0, 0.05) is 0 Å². The van der Waals surface area contributed by atoms with Crippen LogP contribution in [0.3, 0.4) is 0 Å². The summed E-state index contributed by atoms with van der Waals surface area (Å²) in [6.45, 7) is 9.41. The number of hydrogen-bond acceptors (Lipinski definition) is 0. The van der Waals surface area contributed by atoms with Gasteiger partial charge in [0.15, 0.2) is 0 Å². The van der Waals surface area contributed by atoms with E-state index in [0.29, 0.717) is 0 Å². The van der Waals surface area contributed by atoms with Crippen molar-refractivity contribution in [3.8, 4) is 0 Å². The highest BCUT2D eigenvalue weighted by Crippen LogP contribution is 2.22. The molecule has 2 unspecified atom stereocenters. The third kappa shape index (κ3) is 10.9. The fourth-order valence-electron chi connectivity index (χ4n) is 2.67. The molecule has 0 N–H and O–H groups in total. The van der Waals surface area contributed by atoms with Gasteiger partial charge in [-0.15, -0.1) is 0 Å². The van der Waals surface area contributed by atoms with Gasteiger partial charge in [-0.2, -0.15) is 0 Å². The third-order valence-electron chi connectivity index (χ3n) is 4.15. The zero-order valence-electron chi connectivity index (χ0n) is 12.9. The molecule has 0 rings (SSSR count). The van der Waals surface area contributed by atoms with Crippen LogP contribution < -0.4 is 0 Å². The summed E-state index contributed by atoms with van der Waals surface area (Å²) in [5.74, 6) is 1.98. The molecule has 0 aliphatic carbocycles. The molecule has 0 saturated heterocycles. The number of hydrogen-bond donors (Lipinski definition) is 0. The SMILES string of the molecule is CCCCC(C)CCCCC(CC)CCCC. The van der Waals surface area contributed by atoms with Gasteiger partial charge in [-0.05, 0) is 11.8 Å². The second-order valence-electron chi connectivity index (χ2n) is 5.95. The fourth-order valence-corrected chi connectivity index (χ4v) is 2.67. The average Bonchev–Trinajstić information content (AvgIpc) is 2.35. The molecule has 0 aromatic rings. The molecule has 0 spiro atoms. The molecule has 0 nitrogen and oxygen atoms in total. The van der Waals surface area contributed by atoms with E-state index in [2.05, 4.69) is 27.7 Å². The number of rotatable bonds is 12. The van der Waals surface area contributed by atoms with Gasteiger partial charge in [-0.25, -0.2) is 0 Å². The zero-order valence-corrected chi connectivity index (χ0v) is 12.9. The summed E-state index contributed by atoms with van der Waals surface area (Å²) in [7, 11) is 0. The Morgan fingerprint density at radius 2 is 1.12 bits per heavy atom. The second kappa shape index (κ2) is 12.5. The first kappa shape index (κ1) is 17.0. The van der Waals surface area contributed by atoms with Crippen LogP contribution in [0, 0.1) is 11.8 Å². The highest BCUT2D eigenvalue weighted by Gasteiger charge is 2.06. The summed E-state index contributed by atoms with van der Waals surface area (Å²) in [5.41, 5.74) is 0. The highest BCUT2D eigenvalue weighted by molar-refractivity contribution is 4.59. The molecular formula is C17H36. The first-order chi connectivity index (χ1) is 8.24. The van der Waals surface area contributed by atoms with E-state index in [0.717, 1.165) is 11.8 Å². The Morgan fingerprint density at radius 1 is 0.647 bits per heavy atom. The maximum absolute atomic E-state index is 2.43. The first-order valence-corrected chi connectivity index (χ1v) is 8.24. The molecule has 17 heavy (non-hydrogen) atoms. The van der Waals surface area contributed by atoms with Gasteiger partial charge in [0.05, 0.1) is 0 Å². The van der Waals surface area contributed by atoms with Gasteiger partial charge in [-0.1, -0.05) is 98.3 Å². The van der Waals surface area contributed by atoms with Crippen LogP contribution in [0.2, 0.25) is 0 Å². The van der Waals surface area contributed by atoms with Gasteiger partial charge in [0.25, 0.3) is 0 Å². The molecule has 0 bridgehead atoms. The minimum atomic E-state index is 0.964. The molecule has 0 aliphatic heterocycles. The van der Waals surface area contributed by atoms with Crippen LogP contribution in [0.1, 0.15) is 98.3 Å². The predicted octanol–water partition coefficient (Wildman–Crippen LogP) is 6.59. The van der Waals surface area contributed by atoms with Crippen molar-refractivity contribution in [3.63, 3.8) is 0 Å². The molecule has 0 fully saturated rings. The van der Waals surface area contributed by atoms with E-state index in [4.69, 9.17) is 0 Å². The summed E-state index contributed by atoms with van der Waals surface area (Å²) in [4.78, 5) is 0. The number of unbranched alkanes of at least 4 members (excludes halogenated alkanes) is 3. The van der Waals surface area contributed by atoms with Crippen LogP contribution in [0.25, 0.3) is 0 Å². The average molecular weight is 240 g/mol. The van der Waals surface area contributed by atoms with E-state index < -0.39 is 0 Å². The lowest BCUT2D eigenvalue weighted by Gasteiger charge is -2.15. The minimum Gasteiger partial charge on any atom is -0.0654 e. The van der Waals surface area contributed by atoms with Crippen molar-refractivity contribution < 1.29 is 0 Å². The lowest BCUT2D eigenvalue weighted by Crippen LogP contribution is -2.00. The second-order valence-corrected chi connectivity index (χ2v) is 5.95. The summed E-state index contributed by atoms with van der Waals surface area (Å²) >= 11 is 0. The summed E-state index contributed by atoms with van der Waals surface area (Å²) < 4.78 is 0. The Morgan fingerprint density at radius 3 is 1.71 bits per heavy atom.